The van der Waals surface area contributed by atoms with Gasteiger partial charge in [-0.3, -0.25) is 0 Å². The van der Waals surface area contributed by atoms with Gasteiger partial charge < -0.3 is 5.43 Å². The lowest BCUT2D eigenvalue weighted by atomic mass is 10.2. The van der Waals surface area contributed by atoms with Gasteiger partial charge in [-0.05, 0) is 19.8 Å². The maximum atomic E-state index is 8.37. The molecular weight excluding hydrogens is 162 g/mol. The molecule has 0 aliphatic rings. The summed E-state index contributed by atoms with van der Waals surface area (Å²) in [6, 6.07) is 2.25. The van der Waals surface area contributed by atoms with Crippen LogP contribution < -0.4 is 5.43 Å². The second-order valence-corrected chi connectivity index (χ2v) is 3.20. The molecule has 74 valence electrons. The number of hydrogen-bond donors (Lipinski definition) is 1. The summed E-state index contributed by atoms with van der Waals surface area (Å²) >= 11 is 0. The predicted molar refractivity (Wildman–Crippen MR) is 55.5 cm³/mol. The van der Waals surface area contributed by atoms with E-state index in [0.717, 1.165) is 6.42 Å². The summed E-state index contributed by atoms with van der Waals surface area (Å²) < 4.78 is 0. The van der Waals surface area contributed by atoms with Crippen LogP contribution >= 0.6 is 0 Å². The number of unbranched alkanes of at least 4 members (excludes halogenated alkanes) is 3. The second-order valence-electron chi connectivity index (χ2n) is 3.20. The highest BCUT2D eigenvalue weighted by Crippen LogP contribution is 1.95. The summed E-state index contributed by atoms with van der Waals surface area (Å²) in [6.07, 6.45) is 7.14. The van der Waals surface area contributed by atoms with Crippen molar-refractivity contribution in [1.29, 1.82) is 5.26 Å². The van der Waals surface area contributed by atoms with Crippen LogP contribution in [0.15, 0.2) is 5.10 Å². The Kier molecular flexibility index (Phi) is 8.33. The van der Waals surface area contributed by atoms with E-state index in [0.29, 0.717) is 6.42 Å². The summed E-state index contributed by atoms with van der Waals surface area (Å²) in [6.45, 7) is 4.14. The highest BCUT2D eigenvalue weighted by Gasteiger charge is 1.94. The highest BCUT2D eigenvalue weighted by molar-refractivity contribution is 5.56. The third kappa shape index (κ3) is 8.87. The Morgan fingerprint density at radius 2 is 2.31 bits per heavy atom. The molecule has 1 unspecified atom stereocenters. The Morgan fingerprint density at radius 1 is 1.54 bits per heavy atom. The first kappa shape index (κ1) is 12.0. The Bertz CT molecular complexity index is 169. The molecule has 0 aliphatic heterocycles. The van der Waals surface area contributed by atoms with Crippen molar-refractivity contribution in [1.82, 2.24) is 5.43 Å². The zero-order valence-electron chi connectivity index (χ0n) is 8.58. The SMILES string of the molecule is CCCCC/C=N\NC(C)CC#N. The third-order valence-electron chi connectivity index (χ3n) is 1.72. The van der Waals surface area contributed by atoms with Gasteiger partial charge in [0.25, 0.3) is 0 Å². The summed E-state index contributed by atoms with van der Waals surface area (Å²) in [5.41, 5.74) is 2.91. The van der Waals surface area contributed by atoms with Gasteiger partial charge in [0.2, 0.25) is 0 Å². The first-order valence-corrected chi connectivity index (χ1v) is 4.95. The van der Waals surface area contributed by atoms with Crippen LogP contribution in [0.4, 0.5) is 0 Å². The van der Waals surface area contributed by atoms with Gasteiger partial charge >= 0.3 is 0 Å². The number of rotatable bonds is 7. The van der Waals surface area contributed by atoms with E-state index in [9.17, 15) is 0 Å². The molecule has 0 spiro atoms. The maximum absolute atomic E-state index is 8.37. The molecule has 0 aromatic carbocycles. The molecule has 0 saturated carbocycles. The van der Waals surface area contributed by atoms with Crippen LogP contribution in [0.3, 0.4) is 0 Å². The van der Waals surface area contributed by atoms with Crippen LogP contribution in [0.5, 0.6) is 0 Å². The van der Waals surface area contributed by atoms with Crippen molar-refractivity contribution in [2.75, 3.05) is 0 Å². The lowest BCUT2D eigenvalue weighted by Gasteiger charge is -2.04. The van der Waals surface area contributed by atoms with Gasteiger partial charge in [0.05, 0.1) is 18.5 Å². The zero-order chi connectivity index (χ0) is 9.94. The maximum Gasteiger partial charge on any atom is 0.0643 e. The Balaban J connectivity index is 3.26. The van der Waals surface area contributed by atoms with E-state index >= 15 is 0 Å². The van der Waals surface area contributed by atoms with Crippen molar-refractivity contribution in [3.63, 3.8) is 0 Å². The van der Waals surface area contributed by atoms with Crippen molar-refractivity contribution in [2.24, 2.45) is 5.10 Å². The van der Waals surface area contributed by atoms with E-state index in [-0.39, 0.29) is 6.04 Å². The Labute approximate surface area is 80.8 Å². The lowest BCUT2D eigenvalue weighted by Crippen LogP contribution is -2.19. The fourth-order valence-electron chi connectivity index (χ4n) is 0.913. The minimum absolute atomic E-state index is 0.160. The fraction of sp³-hybridized carbons (Fsp3) is 0.800. The van der Waals surface area contributed by atoms with E-state index in [1.165, 1.54) is 19.3 Å². The topological polar surface area (TPSA) is 48.2 Å². The molecular formula is C10H19N3. The summed E-state index contributed by atoms with van der Waals surface area (Å²) in [5.74, 6) is 0. The van der Waals surface area contributed by atoms with Crippen LogP contribution in [0.2, 0.25) is 0 Å². The van der Waals surface area contributed by atoms with Crippen molar-refractivity contribution < 1.29 is 0 Å². The Morgan fingerprint density at radius 3 is 2.92 bits per heavy atom. The molecule has 0 saturated heterocycles. The molecule has 0 bridgehead atoms. The van der Waals surface area contributed by atoms with E-state index in [1.807, 2.05) is 13.1 Å². The molecule has 0 aromatic rings. The van der Waals surface area contributed by atoms with Crippen LogP contribution in [-0.4, -0.2) is 12.3 Å². The number of nitriles is 1. The monoisotopic (exact) mass is 181 g/mol. The molecule has 1 atom stereocenters. The quantitative estimate of drug-likeness (QED) is 0.372. The minimum atomic E-state index is 0.160. The van der Waals surface area contributed by atoms with Crippen LogP contribution in [-0.2, 0) is 0 Å². The summed E-state index contributed by atoms with van der Waals surface area (Å²) in [7, 11) is 0. The van der Waals surface area contributed by atoms with Gasteiger partial charge in [0.15, 0.2) is 0 Å². The molecule has 0 rings (SSSR count). The molecule has 3 heteroatoms. The highest BCUT2D eigenvalue weighted by atomic mass is 15.3. The molecule has 3 nitrogen and oxygen atoms in total. The van der Waals surface area contributed by atoms with Crippen LogP contribution in [0.25, 0.3) is 0 Å². The molecule has 1 N–H and O–H groups in total. The average Bonchev–Trinajstić information content (AvgIpc) is 2.11. The van der Waals surface area contributed by atoms with Crippen LogP contribution in [0, 0.1) is 11.3 Å². The minimum Gasteiger partial charge on any atom is -0.307 e. The van der Waals surface area contributed by atoms with E-state index in [1.54, 1.807) is 0 Å². The van der Waals surface area contributed by atoms with Crippen LogP contribution in [0.1, 0.15) is 46.0 Å². The standard InChI is InChI=1S/C10H19N3/c1-3-4-5-6-9-12-13-10(2)7-8-11/h9-10,13H,3-7H2,1-2H3/b12-9-. The van der Waals surface area contributed by atoms with Gasteiger partial charge in [-0.2, -0.15) is 10.4 Å². The van der Waals surface area contributed by atoms with Gasteiger partial charge in [-0.15, -0.1) is 0 Å². The Hall–Kier alpha value is -1.04. The first-order valence-electron chi connectivity index (χ1n) is 4.95. The van der Waals surface area contributed by atoms with Crippen molar-refractivity contribution in [2.45, 2.75) is 52.0 Å². The van der Waals surface area contributed by atoms with E-state index in [4.69, 9.17) is 5.26 Å². The van der Waals surface area contributed by atoms with E-state index < -0.39 is 0 Å². The van der Waals surface area contributed by atoms with Crippen molar-refractivity contribution in [3.8, 4) is 6.07 Å². The molecule has 0 aliphatic carbocycles. The smallest absolute Gasteiger partial charge is 0.0643 e. The molecule has 0 aromatic heterocycles. The van der Waals surface area contributed by atoms with Crippen molar-refractivity contribution >= 4 is 6.21 Å². The lowest BCUT2D eigenvalue weighted by molar-refractivity contribution is 0.584. The molecule has 0 radical (unpaired) electrons. The molecule has 0 fully saturated rings. The number of nitrogens with zero attached hydrogens (tertiary/aromatic N) is 2. The molecule has 13 heavy (non-hydrogen) atoms. The summed E-state index contributed by atoms with van der Waals surface area (Å²) in [5, 5.41) is 12.4. The number of nitrogens with one attached hydrogen (secondary N) is 1. The second kappa shape index (κ2) is 9.05. The third-order valence-corrected chi connectivity index (χ3v) is 1.72. The number of hydrogen-bond acceptors (Lipinski definition) is 3. The normalized spacial score (nSPS) is 12.7. The van der Waals surface area contributed by atoms with Gasteiger partial charge in [-0.1, -0.05) is 19.8 Å². The molecule has 0 heterocycles. The van der Waals surface area contributed by atoms with Crippen molar-refractivity contribution in [3.05, 3.63) is 0 Å². The zero-order valence-corrected chi connectivity index (χ0v) is 8.58. The molecule has 0 amide bonds. The first-order chi connectivity index (χ1) is 6.31. The fourth-order valence-corrected chi connectivity index (χ4v) is 0.913. The number of hydrazone groups is 1. The van der Waals surface area contributed by atoms with E-state index in [2.05, 4.69) is 23.5 Å². The predicted octanol–water partition coefficient (Wildman–Crippen LogP) is 2.44. The van der Waals surface area contributed by atoms with Gasteiger partial charge in [0.1, 0.15) is 0 Å². The largest absolute Gasteiger partial charge is 0.307 e. The summed E-state index contributed by atoms with van der Waals surface area (Å²) in [4.78, 5) is 0. The van der Waals surface area contributed by atoms with Gasteiger partial charge in [0, 0.05) is 6.21 Å². The van der Waals surface area contributed by atoms with Gasteiger partial charge in [-0.25, -0.2) is 0 Å². The average molecular weight is 181 g/mol.